The molecule has 1 aromatic rings. The minimum atomic E-state index is -1.07. The van der Waals surface area contributed by atoms with Crippen molar-refractivity contribution < 1.29 is 28.2 Å². The van der Waals surface area contributed by atoms with Crippen molar-refractivity contribution in [2.75, 3.05) is 20.8 Å². The number of carbonyl (C=O) groups is 2. The van der Waals surface area contributed by atoms with Crippen molar-refractivity contribution in [1.82, 2.24) is 0 Å². The van der Waals surface area contributed by atoms with Crippen LogP contribution < -0.4 is 4.74 Å². The Labute approximate surface area is 123 Å². The standard InChI is InChI=1S/C15H19FO5/c1-4-5-10(16)9-21-11-6-7-12(14(17)19-2)13(8-11)15(18)20-3/h6-8,10H,4-5,9H2,1-3H3. The van der Waals surface area contributed by atoms with Crippen LogP contribution in [0, 0.1) is 0 Å². The van der Waals surface area contributed by atoms with E-state index in [1.54, 1.807) is 0 Å². The first-order chi connectivity index (χ1) is 10.0. The Morgan fingerprint density at radius 1 is 1.14 bits per heavy atom. The topological polar surface area (TPSA) is 61.8 Å². The van der Waals surface area contributed by atoms with Gasteiger partial charge in [-0.05, 0) is 24.6 Å². The minimum Gasteiger partial charge on any atom is -0.491 e. The fraction of sp³-hybridized carbons (Fsp3) is 0.467. The van der Waals surface area contributed by atoms with Gasteiger partial charge in [0.25, 0.3) is 0 Å². The number of carbonyl (C=O) groups excluding carboxylic acids is 2. The highest BCUT2D eigenvalue weighted by molar-refractivity contribution is 6.03. The SMILES string of the molecule is CCCC(F)COc1ccc(C(=O)OC)c(C(=O)OC)c1. The minimum absolute atomic E-state index is 0.0211. The van der Waals surface area contributed by atoms with Crippen molar-refractivity contribution in [3.05, 3.63) is 29.3 Å². The van der Waals surface area contributed by atoms with Gasteiger partial charge in [0, 0.05) is 0 Å². The van der Waals surface area contributed by atoms with Crippen molar-refractivity contribution in [1.29, 1.82) is 0 Å². The molecule has 0 aliphatic rings. The molecule has 0 saturated carbocycles. The Morgan fingerprint density at radius 2 is 1.76 bits per heavy atom. The highest BCUT2D eigenvalue weighted by Gasteiger charge is 2.19. The lowest BCUT2D eigenvalue weighted by Gasteiger charge is -2.12. The van der Waals surface area contributed by atoms with Crippen LogP contribution in [0.5, 0.6) is 5.75 Å². The molecule has 1 rings (SSSR count). The van der Waals surface area contributed by atoms with Crippen LogP contribution in [-0.4, -0.2) is 38.9 Å². The van der Waals surface area contributed by atoms with Crippen LogP contribution in [0.2, 0.25) is 0 Å². The smallest absolute Gasteiger partial charge is 0.338 e. The Kier molecular flexibility index (Phi) is 6.65. The maximum Gasteiger partial charge on any atom is 0.338 e. The predicted molar refractivity (Wildman–Crippen MR) is 74.4 cm³/mol. The molecule has 0 radical (unpaired) electrons. The molecule has 0 fully saturated rings. The van der Waals surface area contributed by atoms with Crippen molar-refractivity contribution in [2.45, 2.75) is 25.9 Å². The number of rotatable bonds is 7. The van der Waals surface area contributed by atoms with E-state index in [4.69, 9.17) is 4.74 Å². The summed E-state index contributed by atoms with van der Waals surface area (Å²) in [6.07, 6.45) is 0.0559. The Bertz CT molecular complexity index is 501. The lowest BCUT2D eigenvalue weighted by Crippen LogP contribution is -2.14. The fourth-order valence-electron chi connectivity index (χ4n) is 1.76. The van der Waals surface area contributed by atoms with E-state index in [1.807, 2.05) is 6.92 Å². The van der Waals surface area contributed by atoms with Crippen LogP contribution in [0.4, 0.5) is 4.39 Å². The summed E-state index contributed by atoms with van der Waals surface area (Å²) in [5.74, 6) is -1.05. The van der Waals surface area contributed by atoms with Gasteiger partial charge in [-0.15, -0.1) is 0 Å². The third kappa shape index (κ3) is 4.73. The van der Waals surface area contributed by atoms with Crippen LogP contribution in [0.1, 0.15) is 40.5 Å². The summed E-state index contributed by atoms with van der Waals surface area (Å²) in [4.78, 5) is 23.3. The van der Waals surface area contributed by atoms with Gasteiger partial charge in [0.1, 0.15) is 18.5 Å². The molecule has 1 aromatic carbocycles. The number of alkyl halides is 1. The lowest BCUT2D eigenvalue weighted by molar-refractivity contribution is 0.0554. The van der Waals surface area contributed by atoms with Crippen molar-refractivity contribution in [2.24, 2.45) is 0 Å². The average Bonchev–Trinajstić information content (AvgIpc) is 2.51. The third-order valence-electron chi connectivity index (χ3n) is 2.83. The van der Waals surface area contributed by atoms with Crippen LogP contribution in [0.15, 0.2) is 18.2 Å². The normalized spacial score (nSPS) is 11.6. The Morgan fingerprint density at radius 3 is 2.33 bits per heavy atom. The van der Waals surface area contributed by atoms with E-state index in [9.17, 15) is 14.0 Å². The zero-order valence-electron chi connectivity index (χ0n) is 12.3. The molecule has 0 N–H and O–H groups in total. The highest BCUT2D eigenvalue weighted by Crippen LogP contribution is 2.20. The molecule has 0 aromatic heterocycles. The Balaban J connectivity index is 2.94. The quantitative estimate of drug-likeness (QED) is 0.724. The van der Waals surface area contributed by atoms with E-state index < -0.39 is 18.1 Å². The molecule has 0 saturated heterocycles. The molecule has 116 valence electrons. The summed E-state index contributed by atoms with van der Waals surface area (Å²) >= 11 is 0. The van der Waals surface area contributed by atoms with E-state index in [2.05, 4.69) is 9.47 Å². The maximum absolute atomic E-state index is 13.4. The molecule has 1 unspecified atom stereocenters. The van der Waals surface area contributed by atoms with Crippen LogP contribution >= 0.6 is 0 Å². The monoisotopic (exact) mass is 298 g/mol. The molecular formula is C15H19FO5. The molecule has 0 spiro atoms. The van der Waals surface area contributed by atoms with E-state index in [1.165, 1.54) is 32.4 Å². The Hall–Kier alpha value is -2.11. The second-order valence-electron chi connectivity index (χ2n) is 4.39. The number of methoxy groups -OCH3 is 2. The first-order valence-electron chi connectivity index (χ1n) is 6.61. The van der Waals surface area contributed by atoms with Crippen LogP contribution in [0.25, 0.3) is 0 Å². The third-order valence-corrected chi connectivity index (χ3v) is 2.83. The van der Waals surface area contributed by atoms with Gasteiger partial charge < -0.3 is 14.2 Å². The molecule has 5 nitrogen and oxygen atoms in total. The van der Waals surface area contributed by atoms with Gasteiger partial charge in [-0.2, -0.15) is 0 Å². The summed E-state index contributed by atoms with van der Waals surface area (Å²) in [7, 11) is 2.42. The second-order valence-corrected chi connectivity index (χ2v) is 4.39. The second kappa shape index (κ2) is 8.24. The zero-order valence-corrected chi connectivity index (χ0v) is 12.3. The molecule has 0 amide bonds. The number of ether oxygens (including phenoxy) is 3. The molecular weight excluding hydrogens is 279 g/mol. The molecule has 1 atom stereocenters. The van der Waals surface area contributed by atoms with E-state index >= 15 is 0 Å². The number of halogens is 1. The molecule has 0 aliphatic carbocycles. The maximum atomic E-state index is 13.4. The van der Waals surface area contributed by atoms with Crippen molar-refractivity contribution >= 4 is 11.9 Å². The van der Waals surface area contributed by atoms with Crippen LogP contribution in [-0.2, 0) is 9.47 Å². The van der Waals surface area contributed by atoms with Crippen molar-refractivity contribution in [3.63, 3.8) is 0 Å². The molecule has 21 heavy (non-hydrogen) atoms. The van der Waals surface area contributed by atoms with Gasteiger partial charge in [-0.25, -0.2) is 14.0 Å². The van der Waals surface area contributed by atoms with Gasteiger partial charge in [0.05, 0.1) is 25.3 Å². The number of benzene rings is 1. The largest absolute Gasteiger partial charge is 0.491 e. The summed E-state index contributed by atoms with van der Waals surface area (Å²) < 4.78 is 27.9. The summed E-state index contributed by atoms with van der Waals surface area (Å²) in [6, 6.07) is 4.22. The van der Waals surface area contributed by atoms with E-state index in [-0.39, 0.29) is 17.7 Å². The van der Waals surface area contributed by atoms with Gasteiger partial charge in [-0.1, -0.05) is 13.3 Å². The first-order valence-corrected chi connectivity index (χ1v) is 6.61. The molecule has 0 heterocycles. The first kappa shape index (κ1) is 16.9. The predicted octanol–water partition coefficient (Wildman–Crippen LogP) is 2.78. The van der Waals surface area contributed by atoms with E-state index in [0.29, 0.717) is 12.2 Å². The zero-order chi connectivity index (χ0) is 15.8. The van der Waals surface area contributed by atoms with Gasteiger partial charge in [-0.3, -0.25) is 0 Å². The number of esters is 2. The van der Waals surface area contributed by atoms with Crippen LogP contribution in [0.3, 0.4) is 0 Å². The molecule has 0 bridgehead atoms. The summed E-state index contributed by atoms with van der Waals surface area (Å²) in [5, 5.41) is 0. The summed E-state index contributed by atoms with van der Waals surface area (Å²) in [6.45, 7) is 1.78. The molecule has 0 aliphatic heterocycles. The highest BCUT2D eigenvalue weighted by atomic mass is 19.1. The molecule has 6 heteroatoms. The van der Waals surface area contributed by atoms with E-state index in [0.717, 1.165) is 6.42 Å². The number of hydrogen-bond acceptors (Lipinski definition) is 5. The number of hydrogen-bond donors (Lipinski definition) is 0. The van der Waals surface area contributed by atoms with Gasteiger partial charge >= 0.3 is 11.9 Å². The lowest BCUT2D eigenvalue weighted by atomic mass is 10.1. The van der Waals surface area contributed by atoms with Gasteiger partial charge in [0.2, 0.25) is 0 Å². The van der Waals surface area contributed by atoms with Crippen molar-refractivity contribution in [3.8, 4) is 5.75 Å². The van der Waals surface area contributed by atoms with Gasteiger partial charge in [0.15, 0.2) is 0 Å². The average molecular weight is 298 g/mol. The summed E-state index contributed by atoms with van der Waals surface area (Å²) in [5.41, 5.74) is 0.0924. The fourth-order valence-corrected chi connectivity index (χ4v) is 1.76.